The second kappa shape index (κ2) is 8.10. The van der Waals surface area contributed by atoms with Gasteiger partial charge in [0.2, 0.25) is 0 Å². The first-order chi connectivity index (χ1) is 13.9. The summed E-state index contributed by atoms with van der Waals surface area (Å²) in [7, 11) is 1.24. The highest BCUT2D eigenvalue weighted by molar-refractivity contribution is 6.16. The molecule has 148 valence electrons. The Balaban J connectivity index is 2.14. The minimum absolute atomic E-state index is 0.0754. The van der Waals surface area contributed by atoms with Crippen molar-refractivity contribution in [3.63, 3.8) is 0 Å². The second-order valence-electron chi connectivity index (χ2n) is 6.59. The SMILES string of the molecule is COC(=O)C1=C(C)N([C@@H](C)c2ccccc2)C(=O)/C1=C\c1ccccc1[N+](=O)[O-]. The molecule has 1 heterocycles. The minimum Gasteiger partial charge on any atom is -0.465 e. The van der Waals surface area contributed by atoms with Crippen molar-refractivity contribution >= 4 is 23.6 Å². The van der Waals surface area contributed by atoms with Gasteiger partial charge in [-0.2, -0.15) is 0 Å². The fraction of sp³-hybridized carbons (Fsp3) is 0.182. The lowest BCUT2D eigenvalue weighted by Crippen LogP contribution is -2.28. The van der Waals surface area contributed by atoms with Crippen LogP contribution in [0.2, 0.25) is 0 Å². The smallest absolute Gasteiger partial charge is 0.340 e. The third-order valence-corrected chi connectivity index (χ3v) is 4.93. The molecule has 0 saturated heterocycles. The molecular formula is C22H20N2O5. The molecule has 29 heavy (non-hydrogen) atoms. The first-order valence-electron chi connectivity index (χ1n) is 9.00. The lowest BCUT2D eigenvalue weighted by atomic mass is 10.0. The molecule has 0 aliphatic carbocycles. The van der Waals surface area contributed by atoms with Gasteiger partial charge in [-0.05, 0) is 31.6 Å². The van der Waals surface area contributed by atoms with Gasteiger partial charge in [0.05, 0.1) is 34.8 Å². The molecule has 2 aromatic carbocycles. The van der Waals surface area contributed by atoms with Crippen molar-refractivity contribution in [3.05, 3.63) is 92.7 Å². The largest absolute Gasteiger partial charge is 0.465 e. The fourth-order valence-electron chi connectivity index (χ4n) is 3.48. The van der Waals surface area contributed by atoms with E-state index in [2.05, 4.69) is 0 Å². The number of carbonyl (C=O) groups is 2. The molecule has 0 bridgehead atoms. The van der Waals surface area contributed by atoms with Crippen LogP contribution in [0, 0.1) is 10.1 Å². The summed E-state index contributed by atoms with van der Waals surface area (Å²) >= 11 is 0. The molecule has 0 fully saturated rings. The third-order valence-electron chi connectivity index (χ3n) is 4.93. The van der Waals surface area contributed by atoms with Crippen molar-refractivity contribution in [2.45, 2.75) is 19.9 Å². The summed E-state index contributed by atoms with van der Waals surface area (Å²) in [5.74, 6) is -1.07. The van der Waals surface area contributed by atoms with Gasteiger partial charge in [0.1, 0.15) is 0 Å². The molecule has 3 rings (SSSR count). The van der Waals surface area contributed by atoms with Gasteiger partial charge in [0.15, 0.2) is 0 Å². The Kier molecular flexibility index (Phi) is 5.59. The molecule has 0 saturated carbocycles. The van der Waals surface area contributed by atoms with E-state index in [4.69, 9.17) is 4.74 Å². The summed E-state index contributed by atoms with van der Waals surface area (Å²) in [5, 5.41) is 11.3. The van der Waals surface area contributed by atoms with Crippen molar-refractivity contribution < 1.29 is 19.2 Å². The van der Waals surface area contributed by atoms with Crippen LogP contribution in [0.1, 0.15) is 31.0 Å². The number of nitrogens with zero attached hydrogens (tertiary/aromatic N) is 2. The van der Waals surface area contributed by atoms with Crippen LogP contribution < -0.4 is 0 Å². The Morgan fingerprint density at radius 1 is 1.14 bits per heavy atom. The van der Waals surface area contributed by atoms with E-state index in [1.165, 1.54) is 30.2 Å². The molecule has 0 N–H and O–H groups in total. The topological polar surface area (TPSA) is 89.8 Å². The number of amides is 1. The summed E-state index contributed by atoms with van der Waals surface area (Å²) in [6.45, 7) is 3.53. The summed E-state index contributed by atoms with van der Waals surface area (Å²) < 4.78 is 4.88. The predicted octanol–water partition coefficient (Wildman–Crippen LogP) is 4.03. The molecule has 1 aliphatic heterocycles. The summed E-state index contributed by atoms with van der Waals surface area (Å²) in [4.78, 5) is 38.1. The van der Waals surface area contributed by atoms with Crippen molar-refractivity contribution in [2.75, 3.05) is 7.11 Å². The maximum absolute atomic E-state index is 13.3. The van der Waals surface area contributed by atoms with Crippen LogP contribution in [0.4, 0.5) is 5.69 Å². The molecule has 1 amide bonds. The van der Waals surface area contributed by atoms with E-state index < -0.39 is 16.8 Å². The number of esters is 1. The van der Waals surface area contributed by atoms with Gasteiger partial charge in [-0.3, -0.25) is 14.9 Å². The molecule has 0 aromatic heterocycles. The van der Waals surface area contributed by atoms with E-state index in [0.29, 0.717) is 5.70 Å². The number of hydrogen-bond donors (Lipinski definition) is 0. The first-order valence-corrected chi connectivity index (χ1v) is 9.00. The Morgan fingerprint density at radius 3 is 2.38 bits per heavy atom. The maximum atomic E-state index is 13.3. The highest BCUT2D eigenvalue weighted by atomic mass is 16.6. The van der Waals surface area contributed by atoms with Gasteiger partial charge < -0.3 is 9.64 Å². The molecule has 0 unspecified atom stereocenters. The number of rotatable bonds is 5. The molecule has 0 radical (unpaired) electrons. The molecular weight excluding hydrogens is 372 g/mol. The number of ether oxygens (including phenoxy) is 1. The number of nitro benzene ring substituents is 1. The van der Waals surface area contributed by atoms with E-state index in [1.54, 1.807) is 19.1 Å². The van der Waals surface area contributed by atoms with Crippen LogP contribution in [-0.2, 0) is 14.3 Å². The lowest BCUT2D eigenvalue weighted by Gasteiger charge is -2.26. The van der Waals surface area contributed by atoms with Gasteiger partial charge in [-0.25, -0.2) is 4.79 Å². The highest BCUT2D eigenvalue weighted by Crippen LogP contribution is 2.38. The zero-order valence-electron chi connectivity index (χ0n) is 16.3. The number of carbonyl (C=O) groups excluding carboxylic acids is 2. The first kappa shape index (κ1) is 20.0. The highest BCUT2D eigenvalue weighted by Gasteiger charge is 2.39. The maximum Gasteiger partial charge on any atom is 0.340 e. The Bertz CT molecular complexity index is 1040. The molecule has 1 aliphatic rings. The number of methoxy groups -OCH3 is 1. The Labute approximate surface area is 168 Å². The van der Waals surface area contributed by atoms with Crippen molar-refractivity contribution in [2.24, 2.45) is 0 Å². The van der Waals surface area contributed by atoms with Crippen molar-refractivity contribution in [3.8, 4) is 0 Å². The van der Waals surface area contributed by atoms with E-state index >= 15 is 0 Å². The van der Waals surface area contributed by atoms with Crippen LogP contribution >= 0.6 is 0 Å². The zero-order chi connectivity index (χ0) is 21.1. The molecule has 1 atom stereocenters. The second-order valence-corrected chi connectivity index (χ2v) is 6.59. The number of nitro groups is 1. The van der Waals surface area contributed by atoms with Gasteiger partial charge in [-0.15, -0.1) is 0 Å². The molecule has 7 heteroatoms. The zero-order valence-corrected chi connectivity index (χ0v) is 16.3. The standard InChI is InChI=1S/C22H20N2O5/c1-14(16-9-5-4-6-10-16)23-15(2)20(22(26)29-3)18(21(23)25)13-17-11-7-8-12-19(17)24(27)28/h4-14H,1-3H3/b18-13-/t14-/m0/s1. The Hall–Kier alpha value is -3.74. The van der Waals surface area contributed by atoms with Crippen LogP contribution in [0.25, 0.3) is 6.08 Å². The molecule has 0 spiro atoms. The number of benzene rings is 2. The average molecular weight is 392 g/mol. The van der Waals surface area contributed by atoms with Gasteiger partial charge in [0.25, 0.3) is 11.6 Å². The van der Waals surface area contributed by atoms with Gasteiger partial charge in [-0.1, -0.05) is 42.5 Å². The Morgan fingerprint density at radius 2 is 1.76 bits per heavy atom. The number of allylic oxidation sites excluding steroid dienone is 1. The van der Waals surface area contributed by atoms with E-state index in [0.717, 1.165) is 5.56 Å². The van der Waals surface area contributed by atoms with E-state index in [-0.39, 0.29) is 28.4 Å². The van der Waals surface area contributed by atoms with Crippen LogP contribution in [0.3, 0.4) is 0 Å². The van der Waals surface area contributed by atoms with E-state index in [1.807, 2.05) is 37.3 Å². The third kappa shape index (κ3) is 3.67. The average Bonchev–Trinajstić information content (AvgIpc) is 2.97. The van der Waals surface area contributed by atoms with Gasteiger partial charge in [0, 0.05) is 11.8 Å². The summed E-state index contributed by atoms with van der Waals surface area (Å²) in [5.41, 5.74) is 1.62. The number of para-hydroxylation sites is 1. The van der Waals surface area contributed by atoms with Crippen molar-refractivity contribution in [1.82, 2.24) is 4.90 Å². The fourth-order valence-corrected chi connectivity index (χ4v) is 3.48. The summed E-state index contributed by atoms with van der Waals surface area (Å²) in [6.07, 6.45) is 1.38. The summed E-state index contributed by atoms with van der Waals surface area (Å²) in [6, 6.07) is 15.1. The number of hydrogen-bond acceptors (Lipinski definition) is 5. The van der Waals surface area contributed by atoms with Gasteiger partial charge >= 0.3 is 5.97 Å². The normalized spacial score (nSPS) is 16.3. The molecule has 2 aromatic rings. The monoisotopic (exact) mass is 392 g/mol. The van der Waals surface area contributed by atoms with Crippen LogP contribution in [-0.4, -0.2) is 28.8 Å². The lowest BCUT2D eigenvalue weighted by molar-refractivity contribution is -0.385. The quantitative estimate of drug-likeness (QED) is 0.332. The van der Waals surface area contributed by atoms with Crippen LogP contribution in [0.5, 0.6) is 0 Å². The predicted molar refractivity (Wildman–Crippen MR) is 107 cm³/mol. The minimum atomic E-state index is -0.663. The van der Waals surface area contributed by atoms with Crippen molar-refractivity contribution in [1.29, 1.82) is 0 Å². The molecule has 7 nitrogen and oxygen atoms in total. The van der Waals surface area contributed by atoms with Crippen LogP contribution in [0.15, 0.2) is 71.4 Å². The van der Waals surface area contributed by atoms with E-state index in [9.17, 15) is 19.7 Å².